The molecule has 0 aromatic heterocycles. The third-order valence-electron chi connectivity index (χ3n) is 5.75. The smallest absolute Gasteiger partial charge is 0.305 e. The second-order valence-corrected chi connectivity index (χ2v) is 9.11. The Labute approximate surface area is 192 Å². The normalized spacial score (nSPS) is 11.1. The Morgan fingerprint density at radius 3 is 1.39 bits per heavy atom. The molecule has 0 fully saturated rings. The molecule has 0 saturated carbocycles. The third-order valence-corrected chi connectivity index (χ3v) is 5.75. The molecule has 5 nitrogen and oxygen atoms in total. The van der Waals surface area contributed by atoms with E-state index in [-0.39, 0.29) is 11.9 Å². The molecule has 5 heteroatoms. The molecule has 0 saturated heterocycles. The maximum Gasteiger partial charge on any atom is 0.305 e. The van der Waals surface area contributed by atoms with Gasteiger partial charge in [-0.3, -0.25) is 9.59 Å². The van der Waals surface area contributed by atoms with Crippen LogP contribution >= 0.6 is 0 Å². The molecule has 0 aliphatic carbocycles. The van der Waals surface area contributed by atoms with Crippen molar-refractivity contribution in [3.63, 3.8) is 0 Å². The van der Waals surface area contributed by atoms with Gasteiger partial charge in [-0.1, -0.05) is 83.5 Å². The second-order valence-electron chi connectivity index (χ2n) is 9.11. The van der Waals surface area contributed by atoms with Gasteiger partial charge in [-0.05, 0) is 46.3 Å². The summed E-state index contributed by atoms with van der Waals surface area (Å²) in [5.41, 5.74) is 0. The van der Waals surface area contributed by atoms with Gasteiger partial charge in [0, 0.05) is 12.8 Å². The van der Waals surface area contributed by atoms with Gasteiger partial charge < -0.3 is 14.4 Å². The predicted octanol–water partition coefficient (Wildman–Crippen LogP) is 6.68. The lowest BCUT2D eigenvalue weighted by Gasteiger charge is -2.08. The largest absolute Gasteiger partial charge is 0.469 e. The lowest BCUT2D eigenvalue weighted by atomic mass is 10.1. The highest BCUT2D eigenvalue weighted by Crippen LogP contribution is 2.12. The first-order valence-electron chi connectivity index (χ1n) is 12.9. The van der Waals surface area contributed by atoms with Gasteiger partial charge in [-0.15, -0.1) is 0 Å². The summed E-state index contributed by atoms with van der Waals surface area (Å²) in [6.07, 6.45) is 21.4. The molecule has 0 radical (unpaired) electrons. The van der Waals surface area contributed by atoms with Crippen LogP contribution in [0.3, 0.4) is 0 Å². The first-order valence-corrected chi connectivity index (χ1v) is 12.9. The van der Waals surface area contributed by atoms with Gasteiger partial charge in [0.25, 0.3) is 0 Å². The summed E-state index contributed by atoms with van der Waals surface area (Å²) >= 11 is 0. The lowest BCUT2D eigenvalue weighted by molar-refractivity contribution is -0.144. The van der Waals surface area contributed by atoms with E-state index in [4.69, 9.17) is 4.74 Å². The summed E-state index contributed by atoms with van der Waals surface area (Å²) in [5.74, 6) is -0.135. The number of ether oxygens (including phenoxy) is 2. The number of carbonyl (C=O) groups excluding carboxylic acids is 2. The van der Waals surface area contributed by atoms with Crippen molar-refractivity contribution in [3.05, 3.63) is 0 Å². The first-order chi connectivity index (χ1) is 15.1. The zero-order chi connectivity index (χ0) is 23.0. The van der Waals surface area contributed by atoms with Crippen molar-refractivity contribution in [1.82, 2.24) is 4.90 Å². The van der Waals surface area contributed by atoms with Crippen LogP contribution in [-0.2, 0) is 19.1 Å². The first kappa shape index (κ1) is 29.9. The Morgan fingerprint density at radius 1 is 0.548 bits per heavy atom. The van der Waals surface area contributed by atoms with Crippen molar-refractivity contribution in [2.45, 2.75) is 122 Å². The van der Waals surface area contributed by atoms with Crippen LogP contribution in [0.4, 0.5) is 0 Å². The van der Waals surface area contributed by atoms with Crippen molar-refractivity contribution in [1.29, 1.82) is 0 Å². The number of unbranched alkanes of at least 4 members (excludes halogenated alkanes) is 15. The van der Waals surface area contributed by atoms with Crippen molar-refractivity contribution in [2.75, 3.05) is 34.4 Å². The topological polar surface area (TPSA) is 55.8 Å². The highest BCUT2D eigenvalue weighted by Gasteiger charge is 2.03. The molecule has 0 unspecified atom stereocenters. The summed E-state index contributed by atoms with van der Waals surface area (Å²) in [4.78, 5) is 25.0. The van der Waals surface area contributed by atoms with Crippen LogP contribution in [0.2, 0.25) is 0 Å². The van der Waals surface area contributed by atoms with Crippen LogP contribution in [-0.4, -0.2) is 51.2 Å². The number of hydrogen-bond acceptors (Lipinski definition) is 5. The van der Waals surface area contributed by atoms with Gasteiger partial charge >= 0.3 is 11.9 Å². The van der Waals surface area contributed by atoms with Crippen LogP contribution in [0.1, 0.15) is 122 Å². The van der Waals surface area contributed by atoms with Crippen molar-refractivity contribution in [2.24, 2.45) is 0 Å². The fraction of sp³-hybridized carbons (Fsp3) is 0.923. The van der Waals surface area contributed by atoms with E-state index in [9.17, 15) is 9.59 Å². The van der Waals surface area contributed by atoms with Crippen molar-refractivity contribution >= 4 is 11.9 Å². The summed E-state index contributed by atoms with van der Waals surface area (Å²) in [6, 6.07) is 0. The Morgan fingerprint density at radius 2 is 0.935 bits per heavy atom. The SMILES string of the molecule is COC(=O)CCCCCCCCCCC(=O)OCCCCCCCCCCCN(C)C. The summed E-state index contributed by atoms with van der Waals surface area (Å²) < 4.78 is 9.99. The fourth-order valence-corrected chi connectivity index (χ4v) is 3.73. The van der Waals surface area contributed by atoms with Crippen molar-refractivity contribution in [3.8, 4) is 0 Å². The van der Waals surface area contributed by atoms with E-state index in [1.165, 1.54) is 90.7 Å². The van der Waals surface area contributed by atoms with Gasteiger partial charge in [0.15, 0.2) is 0 Å². The average molecular weight is 442 g/mol. The highest BCUT2D eigenvalue weighted by molar-refractivity contribution is 5.69. The molecule has 0 aliphatic heterocycles. The van der Waals surface area contributed by atoms with E-state index in [1.807, 2.05) is 0 Å². The molecule has 0 heterocycles. The Hall–Kier alpha value is -1.10. The van der Waals surface area contributed by atoms with Crippen molar-refractivity contribution < 1.29 is 19.1 Å². The van der Waals surface area contributed by atoms with Gasteiger partial charge in [0.05, 0.1) is 13.7 Å². The van der Waals surface area contributed by atoms with Gasteiger partial charge in [-0.2, -0.15) is 0 Å². The molecular weight excluding hydrogens is 390 g/mol. The standard InChI is InChI=1S/C26H51NO4/c1-27(2)23-19-15-11-7-4-8-12-16-20-24-31-26(29)22-18-14-10-6-5-9-13-17-21-25(28)30-3/h4-24H2,1-3H3. The van der Waals surface area contributed by atoms with E-state index in [1.54, 1.807) is 0 Å². The number of hydrogen-bond donors (Lipinski definition) is 0. The number of carbonyl (C=O) groups is 2. The van der Waals surface area contributed by atoms with E-state index in [2.05, 4.69) is 23.7 Å². The Balaban J connectivity index is 3.19. The minimum absolute atomic E-state index is 0.0273. The summed E-state index contributed by atoms with van der Waals surface area (Å²) in [6.45, 7) is 1.80. The average Bonchev–Trinajstić information content (AvgIpc) is 2.75. The predicted molar refractivity (Wildman–Crippen MR) is 129 cm³/mol. The van der Waals surface area contributed by atoms with E-state index >= 15 is 0 Å². The molecule has 0 amide bonds. The lowest BCUT2D eigenvalue weighted by Crippen LogP contribution is -2.12. The van der Waals surface area contributed by atoms with Gasteiger partial charge in [-0.25, -0.2) is 0 Å². The molecular formula is C26H51NO4. The van der Waals surface area contributed by atoms with Gasteiger partial charge in [0.1, 0.15) is 0 Å². The quantitative estimate of drug-likeness (QED) is 0.131. The minimum atomic E-state index is -0.107. The minimum Gasteiger partial charge on any atom is -0.469 e. The Kier molecular flexibility index (Phi) is 22.7. The summed E-state index contributed by atoms with van der Waals surface area (Å²) in [7, 11) is 5.72. The Bertz CT molecular complexity index is 412. The zero-order valence-electron chi connectivity index (χ0n) is 20.9. The number of esters is 2. The number of nitrogens with zero attached hydrogens (tertiary/aromatic N) is 1. The monoisotopic (exact) mass is 441 g/mol. The molecule has 0 spiro atoms. The number of rotatable bonds is 23. The second kappa shape index (κ2) is 23.6. The van der Waals surface area contributed by atoms with Crippen LogP contribution in [0.5, 0.6) is 0 Å². The molecule has 0 aliphatic rings. The van der Waals surface area contributed by atoms with E-state index in [0.29, 0.717) is 19.4 Å². The molecule has 0 N–H and O–H groups in total. The van der Waals surface area contributed by atoms with E-state index < -0.39 is 0 Å². The maximum absolute atomic E-state index is 11.8. The molecule has 0 aromatic carbocycles. The highest BCUT2D eigenvalue weighted by atomic mass is 16.5. The summed E-state index contributed by atoms with van der Waals surface area (Å²) in [5, 5.41) is 0. The molecule has 0 bridgehead atoms. The zero-order valence-corrected chi connectivity index (χ0v) is 20.9. The van der Waals surface area contributed by atoms with Gasteiger partial charge in [0.2, 0.25) is 0 Å². The van der Waals surface area contributed by atoms with E-state index in [0.717, 1.165) is 32.1 Å². The number of methoxy groups -OCH3 is 1. The maximum atomic E-state index is 11.8. The van der Waals surface area contributed by atoms with Crippen LogP contribution < -0.4 is 0 Å². The molecule has 0 atom stereocenters. The fourth-order valence-electron chi connectivity index (χ4n) is 3.73. The van der Waals surface area contributed by atoms with Crippen LogP contribution in [0.15, 0.2) is 0 Å². The molecule has 31 heavy (non-hydrogen) atoms. The van der Waals surface area contributed by atoms with Crippen LogP contribution in [0, 0.1) is 0 Å². The van der Waals surface area contributed by atoms with Crippen LogP contribution in [0.25, 0.3) is 0 Å². The molecule has 0 rings (SSSR count). The third kappa shape index (κ3) is 25.0. The molecule has 184 valence electrons. The molecule has 0 aromatic rings.